The summed E-state index contributed by atoms with van der Waals surface area (Å²) in [6.07, 6.45) is 1.98. The van der Waals surface area contributed by atoms with Gasteiger partial charge in [-0.25, -0.2) is 0 Å². The summed E-state index contributed by atoms with van der Waals surface area (Å²) in [5, 5.41) is 16.8. The van der Waals surface area contributed by atoms with Gasteiger partial charge in [-0.2, -0.15) is 0 Å². The Morgan fingerprint density at radius 2 is 2.27 bits per heavy atom. The number of piperazine rings is 1. The van der Waals surface area contributed by atoms with Crippen LogP contribution in [0.3, 0.4) is 0 Å². The summed E-state index contributed by atoms with van der Waals surface area (Å²) in [6.45, 7) is 2.83. The fourth-order valence-electron chi connectivity index (χ4n) is 1.86. The van der Waals surface area contributed by atoms with Crippen molar-refractivity contribution >= 4 is 11.8 Å². The lowest BCUT2D eigenvalue weighted by molar-refractivity contribution is 0.399. The van der Waals surface area contributed by atoms with Crippen molar-refractivity contribution in [3.05, 3.63) is 23.8 Å². The molecule has 0 saturated carbocycles. The molecule has 1 aliphatic heterocycles. The van der Waals surface area contributed by atoms with Crippen LogP contribution in [0, 0.1) is 0 Å². The standard InChI is InChI=1S/C11H16N2OS/c1-15-10-4-2-3-8(11(10)14)9-7-12-5-6-13-9/h2-4,9,12-14H,5-7H2,1H3/t9-/m0/s1. The Labute approximate surface area is 94.3 Å². The Hall–Kier alpha value is -0.710. The van der Waals surface area contributed by atoms with Gasteiger partial charge in [0.25, 0.3) is 0 Å². The van der Waals surface area contributed by atoms with Gasteiger partial charge in [-0.1, -0.05) is 12.1 Å². The molecule has 3 nitrogen and oxygen atoms in total. The summed E-state index contributed by atoms with van der Waals surface area (Å²) >= 11 is 1.58. The number of benzene rings is 1. The predicted octanol–water partition coefficient (Wildman–Crippen LogP) is 1.35. The third kappa shape index (κ3) is 2.27. The third-order valence-electron chi connectivity index (χ3n) is 2.67. The lowest BCUT2D eigenvalue weighted by atomic mass is 10.0. The van der Waals surface area contributed by atoms with E-state index in [1.807, 2.05) is 24.5 Å². The van der Waals surface area contributed by atoms with Crippen LogP contribution in [0.4, 0.5) is 0 Å². The van der Waals surface area contributed by atoms with E-state index in [4.69, 9.17) is 0 Å². The van der Waals surface area contributed by atoms with Gasteiger partial charge >= 0.3 is 0 Å². The highest BCUT2D eigenvalue weighted by Crippen LogP contribution is 2.33. The molecule has 0 radical (unpaired) electrons. The second-order valence-electron chi connectivity index (χ2n) is 3.61. The van der Waals surface area contributed by atoms with Crippen LogP contribution in [-0.2, 0) is 0 Å². The van der Waals surface area contributed by atoms with Gasteiger partial charge in [0.1, 0.15) is 5.75 Å². The van der Waals surface area contributed by atoms with Gasteiger partial charge in [0, 0.05) is 36.1 Å². The molecule has 2 rings (SSSR count). The third-order valence-corrected chi connectivity index (χ3v) is 3.44. The zero-order valence-electron chi connectivity index (χ0n) is 8.79. The summed E-state index contributed by atoms with van der Waals surface area (Å²) in [5.74, 6) is 0.422. The highest BCUT2D eigenvalue weighted by atomic mass is 32.2. The number of phenolic OH excluding ortho intramolecular Hbond substituents is 1. The number of hydrogen-bond acceptors (Lipinski definition) is 4. The summed E-state index contributed by atoms with van der Waals surface area (Å²) in [4.78, 5) is 0.944. The van der Waals surface area contributed by atoms with Gasteiger partial charge in [-0.3, -0.25) is 0 Å². The summed E-state index contributed by atoms with van der Waals surface area (Å²) in [5.41, 5.74) is 0.994. The van der Waals surface area contributed by atoms with Gasteiger partial charge in [-0.15, -0.1) is 11.8 Å². The number of para-hydroxylation sites is 1. The Kier molecular flexibility index (Phi) is 3.51. The van der Waals surface area contributed by atoms with E-state index in [0.717, 1.165) is 30.1 Å². The van der Waals surface area contributed by atoms with E-state index >= 15 is 0 Å². The van der Waals surface area contributed by atoms with E-state index in [1.165, 1.54) is 0 Å². The second-order valence-corrected chi connectivity index (χ2v) is 4.46. The van der Waals surface area contributed by atoms with Crippen molar-refractivity contribution in [2.24, 2.45) is 0 Å². The molecule has 0 spiro atoms. The lowest BCUT2D eigenvalue weighted by Crippen LogP contribution is -2.42. The first-order valence-electron chi connectivity index (χ1n) is 5.13. The van der Waals surface area contributed by atoms with Crippen molar-refractivity contribution in [3.63, 3.8) is 0 Å². The van der Waals surface area contributed by atoms with Gasteiger partial charge < -0.3 is 15.7 Å². The molecular formula is C11H16N2OS. The number of phenols is 1. The van der Waals surface area contributed by atoms with Gasteiger partial charge in [0.15, 0.2) is 0 Å². The van der Waals surface area contributed by atoms with Crippen molar-refractivity contribution in [2.45, 2.75) is 10.9 Å². The fraction of sp³-hybridized carbons (Fsp3) is 0.455. The maximum Gasteiger partial charge on any atom is 0.133 e. The number of rotatable bonds is 2. The first-order chi connectivity index (χ1) is 7.33. The van der Waals surface area contributed by atoms with Gasteiger partial charge in [0.05, 0.1) is 0 Å². The minimum atomic E-state index is 0.228. The molecule has 1 aromatic carbocycles. The molecule has 3 N–H and O–H groups in total. The molecule has 1 aromatic rings. The molecule has 0 bridgehead atoms. The number of aromatic hydroxyl groups is 1. The van der Waals surface area contributed by atoms with Crippen LogP contribution >= 0.6 is 11.8 Å². The van der Waals surface area contributed by atoms with Crippen LogP contribution < -0.4 is 10.6 Å². The predicted molar refractivity (Wildman–Crippen MR) is 63.5 cm³/mol. The average molecular weight is 224 g/mol. The van der Waals surface area contributed by atoms with Crippen LogP contribution in [0.5, 0.6) is 5.75 Å². The largest absolute Gasteiger partial charge is 0.506 e. The molecule has 0 unspecified atom stereocenters. The summed E-state index contributed by atoms with van der Waals surface area (Å²) in [6, 6.07) is 6.15. The van der Waals surface area contributed by atoms with Crippen molar-refractivity contribution in [1.29, 1.82) is 0 Å². The minimum Gasteiger partial charge on any atom is -0.506 e. The average Bonchev–Trinajstić information content (AvgIpc) is 2.30. The molecule has 82 valence electrons. The molecular weight excluding hydrogens is 208 g/mol. The van der Waals surface area contributed by atoms with Crippen LogP contribution in [0.25, 0.3) is 0 Å². The first-order valence-corrected chi connectivity index (χ1v) is 6.35. The zero-order chi connectivity index (χ0) is 10.7. The highest BCUT2D eigenvalue weighted by molar-refractivity contribution is 7.98. The second kappa shape index (κ2) is 4.88. The van der Waals surface area contributed by atoms with E-state index in [0.29, 0.717) is 5.75 Å². The van der Waals surface area contributed by atoms with Crippen molar-refractivity contribution in [2.75, 3.05) is 25.9 Å². The number of thioether (sulfide) groups is 1. The summed E-state index contributed by atoms with van der Waals surface area (Å²) < 4.78 is 0. The first kappa shape index (κ1) is 10.8. The normalized spacial score (nSPS) is 21.5. The lowest BCUT2D eigenvalue weighted by Gasteiger charge is -2.25. The Bertz CT molecular complexity index is 337. The molecule has 1 aliphatic rings. The fourth-order valence-corrected chi connectivity index (χ4v) is 2.38. The van der Waals surface area contributed by atoms with E-state index in [9.17, 15) is 5.11 Å². The molecule has 0 aromatic heterocycles. The molecule has 1 heterocycles. The topological polar surface area (TPSA) is 44.3 Å². The maximum absolute atomic E-state index is 10.1. The number of nitrogens with one attached hydrogen (secondary N) is 2. The molecule has 1 saturated heterocycles. The maximum atomic E-state index is 10.1. The van der Waals surface area contributed by atoms with Crippen molar-refractivity contribution in [3.8, 4) is 5.75 Å². The Balaban J connectivity index is 2.26. The van der Waals surface area contributed by atoms with Crippen LogP contribution in [-0.4, -0.2) is 31.0 Å². The van der Waals surface area contributed by atoms with E-state index in [2.05, 4.69) is 10.6 Å². The van der Waals surface area contributed by atoms with E-state index in [-0.39, 0.29) is 6.04 Å². The van der Waals surface area contributed by atoms with Gasteiger partial charge in [0.2, 0.25) is 0 Å². The Morgan fingerprint density at radius 1 is 1.40 bits per heavy atom. The smallest absolute Gasteiger partial charge is 0.133 e. The molecule has 0 amide bonds. The zero-order valence-corrected chi connectivity index (χ0v) is 9.60. The highest BCUT2D eigenvalue weighted by Gasteiger charge is 2.18. The molecule has 4 heteroatoms. The molecule has 1 fully saturated rings. The molecule has 0 aliphatic carbocycles. The quantitative estimate of drug-likeness (QED) is 0.664. The van der Waals surface area contributed by atoms with E-state index in [1.54, 1.807) is 11.8 Å². The van der Waals surface area contributed by atoms with Crippen molar-refractivity contribution < 1.29 is 5.11 Å². The van der Waals surface area contributed by atoms with Crippen LogP contribution in [0.1, 0.15) is 11.6 Å². The number of hydrogen-bond donors (Lipinski definition) is 3. The summed E-state index contributed by atoms with van der Waals surface area (Å²) in [7, 11) is 0. The van der Waals surface area contributed by atoms with Crippen molar-refractivity contribution in [1.82, 2.24) is 10.6 Å². The Morgan fingerprint density at radius 3 is 2.93 bits per heavy atom. The molecule has 15 heavy (non-hydrogen) atoms. The van der Waals surface area contributed by atoms with Gasteiger partial charge in [-0.05, 0) is 12.3 Å². The molecule has 1 atom stereocenters. The van der Waals surface area contributed by atoms with Crippen LogP contribution in [0.2, 0.25) is 0 Å². The van der Waals surface area contributed by atoms with E-state index < -0.39 is 0 Å². The minimum absolute atomic E-state index is 0.228. The van der Waals surface area contributed by atoms with Crippen LogP contribution in [0.15, 0.2) is 23.1 Å². The monoisotopic (exact) mass is 224 g/mol. The SMILES string of the molecule is CSc1cccc([C@@H]2CNCCN2)c1O.